The second kappa shape index (κ2) is 7.17. The summed E-state index contributed by atoms with van der Waals surface area (Å²) in [5.41, 5.74) is 0.868. The van der Waals surface area contributed by atoms with Crippen LogP contribution < -0.4 is 5.32 Å². The number of rotatable bonds is 5. The summed E-state index contributed by atoms with van der Waals surface area (Å²) in [6.45, 7) is 10.1. The molecule has 0 spiro atoms. The second-order valence-corrected chi connectivity index (χ2v) is 9.04. The molecule has 0 radical (unpaired) electrons. The third kappa shape index (κ3) is 4.02. The SMILES string of the molecule is CC1CC(C)CN(CC(C)NC(=O)C2(c3ccc(Br)cc3)CC2)C1. The summed E-state index contributed by atoms with van der Waals surface area (Å²) in [7, 11) is 0. The number of nitrogens with one attached hydrogen (secondary N) is 1. The van der Waals surface area contributed by atoms with Crippen molar-refractivity contribution in [2.45, 2.75) is 51.5 Å². The van der Waals surface area contributed by atoms with Crippen LogP contribution in [-0.4, -0.2) is 36.5 Å². The number of carbonyl (C=O) groups is 1. The molecule has 132 valence electrons. The maximum atomic E-state index is 12.9. The molecular formula is C20H29BrN2O. The maximum absolute atomic E-state index is 12.9. The van der Waals surface area contributed by atoms with E-state index in [2.05, 4.69) is 59.1 Å². The highest BCUT2D eigenvalue weighted by Gasteiger charge is 2.51. The van der Waals surface area contributed by atoms with Gasteiger partial charge < -0.3 is 10.2 Å². The van der Waals surface area contributed by atoms with E-state index in [1.54, 1.807) is 0 Å². The van der Waals surface area contributed by atoms with Crippen LogP contribution in [0.25, 0.3) is 0 Å². The molecule has 3 nitrogen and oxygen atoms in total. The zero-order valence-electron chi connectivity index (χ0n) is 15.0. The van der Waals surface area contributed by atoms with E-state index in [4.69, 9.17) is 0 Å². The molecule has 1 N–H and O–H groups in total. The quantitative estimate of drug-likeness (QED) is 0.821. The number of halogens is 1. The molecular weight excluding hydrogens is 364 g/mol. The van der Waals surface area contributed by atoms with Gasteiger partial charge in [0.1, 0.15) is 0 Å². The average molecular weight is 393 g/mol. The predicted molar refractivity (Wildman–Crippen MR) is 102 cm³/mol. The normalized spacial score (nSPS) is 27.5. The first-order chi connectivity index (χ1) is 11.4. The lowest BCUT2D eigenvalue weighted by Gasteiger charge is -2.36. The van der Waals surface area contributed by atoms with E-state index in [0.717, 1.165) is 54.3 Å². The van der Waals surface area contributed by atoms with Crippen molar-refractivity contribution in [1.82, 2.24) is 10.2 Å². The number of benzene rings is 1. The summed E-state index contributed by atoms with van der Waals surface area (Å²) in [5, 5.41) is 3.28. The van der Waals surface area contributed by atoms with Gasteiger partial charge in [0.2, 0.25) is 5.91 Å². The fourth-order valence-corrected chi connectivity index (χ4v) is 4.54. The Kier molecular flexibility index (Phi) is 5.36. The van der Waals surface area contributed by atoms with Gasteiger partial charge in [-0.1, -0.05) is 41.9 Å². The van der Waals surface area contributed by atoms with E-state index >= 15 is 0 Å². The minimum atomic E-state index is -0.280. The zero-order chi connectivity index (χ0) is 17.3. The highest BCUT2D eigenvalue weighted by Crippen LogP contribution is 2.48. The molecule has 2 fully saturated rings. The summed E-state index contributed by atoms with van der Waals surface area (Å²) in [4.78, 5) is 15.4. The van der Waals surface area contributed by atoms with Crippen LogP contribution in [0.4, 0.5) is 0 Å². The Morgan fingerprint density at radius 2 is 1.83 bits per heavy atom. The van der Waals surface area contributed by atoms with Crippen LogP contribution in [0.2, 0.25) is 0 Å². The van der Waals surface area contributed by atoms with E-state index in [-0.39, 0.29) is 17.4 Å². The van der Waals surface area contributed by atoms with Crippen molar-refractivity contribution in [2.75, 3.05) is 19.6 Å². The molecule has 1 aromatic rings. The van der Waals surface area contributed by atoms with Gasteiger partial charge in [0, 0.05) is 30.1 Å². The van der Waals surface area contributed by atoms with Crippen molar-refractivity contribution in [3.05, 3.63) is 34.3 Å². The first kappa shape index (κ1) is 17.9. The molecule has 0 bridgehead atoms. The smallest absolute Gasteiger partial charge is 0.230 e. The van der Waals surface area contributed by atoms with Crippen molar-refractivity contribution in [3.8, 4) is 0 Å². The lowest BCUT2D eigenvalue weighted by atomic mass is 9.91. The number of amides is 1. The standard InChI is InChI=1S/C20H29BrN2O/c1-14-10-15(2)12-23(11-14)13-16(3)22-19(24)20(8-9-20)17-4-6-18(21)7-5-17/h4-7,14-16H,8-13H2,1-3H3,(H,22,24). The minimum Gasteiger partial charge on any atom is -0.352 e. The second-order valence-electron chi connectivity index (χ2n) is 8.13. The molecule has 3 atom stereocenters. The van der Waals surface area contributed by atoms with Gasteiger partial charge in [0.25, 0.3) is 0 Å². The summed E-state index contributed by atoms with van der Waals surface area (Å²) >= 11 is 3.47. The Balaban J connectivity index is 1.57. The molecule has 1 aliphatic carbocycles. The number of hydrogen-bond acceptors (Lipinski definition) is 2. The third-order valence-electron chi connectivity index (χ3n) is 5.44. The fourth-order valence-electron chi connectivity index (χ4n) is 4.28. The van der Waals surface area contributed by atoms with Crippen LogP contribution in [-0.2, 0) is 10.2 Å². The molecule has 4 heteroatoms. The molecule has 2 aliphatic rings. The van der Waals surface area contributed by atoms with Crippen LogP contribution in [0.5, 0.6) is 0 Å². The van der Waals surface area contributed by atoms with Gasteiger partial charge in [0.15, 0.2) is 0 Å². The van der Waals surface area contributed by atoms with Gasteiger partial charge in [0.05, 0.1) is 5.41 Å². The molecule has 1 aromatic carbocycles. The number of hydrogen-bond donors (Lipinski definition) is 1. The highest BCUT2D eigenvalue weighted by atomic mass is 79.9. The van der Waals surface area contributed by atoms with Crippen LogP contribution in [0, 0.1) is 11.8 Å². The van der Waals surface area contributed by atoms with Crippen LogP contribution in [0.15, 0.2) is 28.7 Å². The monoisotopic (exact) mass is 392 g/mol. The molecule has 1 saturated carbocycles. The number of likely N-dealkylation sites (tertiary alicyclic amines) is 1. The molecule has 1 heterocycles. The van der Waals surface area contributed by atoms with Crippen molar-refractivity contribution < 1.29 is 4.79 Å². The van der Waals surface area contributed by atoms with Crippen LogP contribution in [0.3, 0.4) is 0 Å². The molecule has 1 amide bonds. The largest absolute Gasteiger partial charge is 0.352 e. The molecule has 3 rings (SSSR count). The van der Waals surface area contributed by atoms with E-state index in [1.165, 1.54) is 6.42 Å². The third-order valence-corrected chi connectivity index (χ3v) is 5.96. The van der Waals surface area contributed by atoms with Crippen molar-refractivity contribution in [2.24, 2.45) is 11.8 Å². The molecule has 1 saturated heterocycles. The van der Waals surface area contributed by atoms with Gasteiger partial charge in [-0.05, 0) is 55.7 Å². The van der Waals surface area contributed by atoms with Crippen LogP contribution in [0.1, 0.15) is 45.6 Å². The number of nitrogens with zero attached hydrogens (tertiary/aromatic N) is 1. The van der Waals surface area contributed by atoms with Crippen molar-refractivity contribution in [1.29, 1.82) is 0 Å². The highest BCUT2D eigenvalue weighted by molar-refractivity contribution is 9.10. The van der Waals surface area contributed by atoms with E-state index in [9.17, 15) is 4.79 Å². The Morgan fingerprint density at radius 1 is 1.25 bits per heavy atom. The summed E-state index contributed by atoms with van der Waals surface area (Å²) in [6.07, 6.45) is 3.25. The number of piperidine rings is 1. The van der Waals surface area contributed by atoms with Gasteiger partial charge in [-0.25, -0.2) is 0 Å². The Bertz CT molecular complexity index is 572. The van der Waals surface area contributed by atoms with Crippen molar-refractivity contribution >= 4 is 21.8 Å². The Hall–Kier alpha value is -0.870. The van der Waals surface area contributed by atoms with E-state index < -0.39 is 0 Å². The predicted octanol–water partition coefficient (Wildman–Crippen LogP) is 3.96. The first-order valence-corrected chi connectivity index (χ1v) is 9.98. The van der Waals surface area contributed by atoms with Gasteiger partial charge in [-0.15, -0.1) is 0 Å². The van der Waals surface area contributed by atoms with Gasteiger partial charge in [-0.3, -0.25) is 4.79 Å². The van der Waals surface area contributed by atoms with E-state index in [0.29, 0.717) is 0 Å². The molecule has 0 aromatic heterocycles. The maximum Gasteiger partial charge on any atom is 0.230 e. The summed E-state index contributed by atoms with van der Waals surface area (Å²) in [6, 6.07) is 8.42. The van der Waals surface area contributed by atoms with Crippen LogP contribution >= 0.6 is 15.9 Å². The lowest BCUT2D eigenvalue weighted by Crippen LogP contribution is -2.49. The van der Waals surface area contributed by atoms with E-state index in [1.807, 2.05) is 12.1 Å². The average Bonchev–Trinajstić information content (AvgIpc) is 3.28. The lowest BCUT2D eigenvalue weighted by molar-refractivity contribution is -0.124. The first-order valence-electron chi connectivity index (χ1n) is 9.18. The Morgan fingerprint density at radius 3 is 2.38 bits per heavy atom. The number of carbonyl (C=O) groups excluding carboxylic acids is 1. The molecule has 24 heavy (non-hydrogen) atoms. The Labute approximate surface area is 154 Å². The zero-order valence-corrected chi connectivity index (χ0v) is 16.6. The molecule has 3 unspecified atom stereocenters. The van der Waals surface area contributed by atoms with Gasteiger partial charge >= 0.3 is 0 Å². The van der Waals surface area contributed by atoms with Gasteiger partial charge in [-0.2, -0.15) is 0 Å². The summed E-state index contributed by atoms with van der Waals surface area (Å²) < 4.78 is 1.06. The minimum absolute atomic E-state index is 0.197. The molecule has 1 aliphatic heterocycles. The van der Waals surface area contributed by atoms with Crippen molar-refractivity contribution in [3.63, 3.8) is 0 Å². The topological polar surface area (TPSA) is 32.3 Å². The fraction of sp³-hybridized carbons (Fsp3) is 0.650. The summed E-state index contributed by atoms with van der Waals surface area (Å²) in [5.74, 6) is 1.72.